The van der Waals surface area contributed by atoms with Crippen LogP contribution in [-0.2, 0) is 6.42 Å². The summed E-state index contributed by atoms with van der Waals surface area (Å²) >= 11 is 6.05. The molecule has 0 aliphatic carbocycles. The van der Waals surface area contributed by atoms with Crippen LogP contribution in [0.1, 0.15) is 18.4 Å². The number of aliphatic hydroxyl groups is 1. The smallest absolute Gasteiger partial charge is 0.124 e. The molecule has 3 rings (SSSR count). The van der Waals surface area contributed by atoms with Crippen molar-refractivity contribution in [2.45, 2.75) is 24.9 Å². The van der Waals surface area contributed by atoms with Crippen molar-refractivity contribution in [3.05, 3.63) is 34.6 Å². The molecule has 0 spiro atoms. The van der Waals surface area contributed by atoms with Crippen molar-refractivity contribution in [3.8, 4) is 0 Å². The van der Waals surface area contributed by atoms with Crippen molar-refractivity contribution >= 4 is 11.6 Å². The zero-order valence-electron chi connectivity index (χ0n) is 10.2. The fourth-order valence-corrected chi connectivity index (χ4v) is 3.49. The Morgan fingerprint density at radius 1 is 1.44 bits per heavy atom. The highest BCUT2D eigenvalue weighted by atomic mass is 35.5. The van der Waals surface area contributed by atoms with Crippen molar-refractivity contribution in [1.82, 2.24) is 4.90 Å². The third-order valence-electron chi connectivity index (χ3n) is 4.40. The monoisotopic (exact) mass is 269 g/mol. The van der Waals surface area contributed by atoms with Gasteiger partial charge in [0.2, 0.25) is 0 Å². The number of halogens is 2. The second-order valence-corrected chi connectivity index (χ2v) is 5.96. The van der Waals surface area contributed by atoms with Crippen molar-refractivity contribution < 1.29 is 9.50 Å². The average molecular weight is 270 g/mol. The van der Waals surface area contributed by atoms with Crippen LogP contribution in [-0.4, -0.2) is 35.2 Å². The van der Waals surface area contributed by atoms with E-state index >= 15 is 0 Å². The van der Waals surface area contributed by atoms with E-state index in [1.807, 2.05) is 0 Å². The van der Waals surface area contributed by atoms with Gasteiger partial charge >= 0.3 is 0 Å². The van der Waals surface area contributed by atoms with E-state index < -0.39 is 5.60 Å². The molecule has 2 saturated heterocycles. The largest absolute Gasteiger partial charge is 0.389 e. The van der Waals surface area contributed by atoms with Gasteiger partial charge in [0.25, 0.3) is 0 Å². The van der Waals surface area contributed by atoms with E-state index in [-0.39, 0.29) is 5.82 Å². The third kappa shape index (κ3) is 2.15. The lowest BCUT2D eigenvalue weighted by Gasteiger charge is -2.39. The summed E-state index contributed by atoms with van der Waals surface area (Å²) in [7, 11) is 0. The summed E-state index contributed by atoms with van der Waals surface area (Å²) in [5.41, 5.74) is 0.176. The Morgan fingerprint density at radius 2 is 2.28 bits per heavy atom. The summed E-state index contributed by atoms with van der Waals surface area (Å²) in [5.74, 6) is -0.00112. The van der Waals surface area contributed by atoms with Crippen LogP contribution in [0.3, 0.4) is 0 Å². The van der Waals surface area contributed by atoms with Gasteiger partial charge in [-0.1, -0.05) is 17.7 Å². The number of hydrogen-bond donors (Lipinski definition) is 1. The van der Waals surface area contributed by atoms with Crippen LogP contribution in [0.25, 0.3) is 0 Å². The van der Waals surface area contributed by atoms with E-state index in [1.165, 1.54) is 12.1 Å². The molecule has 2 aliphatic rings. The maximum Gasteiger partial charge on any atom is 0.124 e. The van der Waals surface area contributed by atoms with Gasteiger partial charge in [-0.3, -0.25) is 0 Å². The number of benzene rings is 1. The zero-order chi connectivity index (χ0) is 12.8. The molecule has 3 atom stereocenters. The highest BCUT2D eigenvalue weighted by molar-refractivity contribution is 6.31. The molecule has 4 heteroatoms. The quantitative estimate of drug-likeness (QED) is 0.892. The van der Waals surface area contributed by atoms with Crippen LogP contribution in [0.4, 0.5) is 4.39 Å². The molecule has 1 aromatic rings. The Balaban J connectivity index is 1.82. The summed E-state index contributed by atoms with van der Waals surface area (Å²) < 4.78 is 13.0. The Bertz CT molecular complexity index is 467. The Kier molecular flexibility index (Phi) is 3.08. The van der Waals surface area contributed by atoms with Gasteiger partial charge in [0.1, 0.15) is 5.82 Å². The first kappa shape index (κ1) is 12.4. The molecule has 1 N–H and O–H groups in total. The molecule has 2 bridgehead atoms. The van der Waals surface area contributed by atoms with E-state index in [1.54, 1.807) is 6.07 Å². The van der Waals surface area contributed by atoms with Gasteiger partial charge in [0.05, 0.1) is 5.60 Å². The minimum absolute atomic E-state index is 0.326. The maximum absolute atomic E-state index is 13.0. The second kappa shape index (κ2) is 4.48. The van der Waals surface area contributed by atoms with E-state index in [0.29, 0.717) is 17.4 Å². The van der Waals surface area contributed by atoms with Crippen LogP contribution >= 0.6 is 11.6 Å². The lowest BCUT2D eigenvalue weighted by Crippen LogP contribution is -2.47. The first-order valence-corrected chi connectivity index (χ1v) is 6.83. The van der Waals surface area contributed by atoms with E-state index in [4.69, 9.17) is 11.6 Å². The number of hydrogen-bond acceptors (Lipinski definition) is 2. The van der Waals surface area contributed by atoms with Crippen LogP contribution in [0.5, 0.6) is 0 Å². The lowest BCUT2D eigenvalue weighted by atomic mass is 9.78. The summed E-state index contributed by atoms with van der Waals surface area (Å²) in [5, 5.41) is 11.2. The second-order valence-electron chi connectivity index (χ2n) is 5.55. The molecule has 0 aromatic heterocycles. The molecule has 3 unspecified atom stereocenters. The van der Waals surface area contributed by atoms with Crippen LogP contribution in [0.2, 0.25) is 5.02 Å². The molecule has 18 heavy (non-hydrogen) atoms. The third-order valence-corrected chi connectivity index (χ3v) is 4.76. The molecule has 2 aliphatic heterocycles. The van der Waals surface area contributed by atoms with Crippen molar-refractivity contribution in [3.63, 3.8) is 0 Å². The predicted octanol–water partition coefficient (Wildman–Crippen LogP) is 2.48. The standard InChI is InChI=1S/C14H17ClFNO/c15-13-7-12(16)2-1-10(13)8-14(18)4-6-17-5-3-11(14)9-17/h1-2,7,11,18H,3-6,8-9H2. The topological polar surface area (TPSA) is 23.5 Å². The minimum atomic E-state index is -0.672. The van der Waals surface area contributed by atoms with Gasteiger partial charge in [-0.25, -0.2) is 4.39 Å². The Labute approximate surface area is 111 Å². The number of rotatable bonds is 2. The van der Waals surface area contributed by atoms with E-state index in [2.05, 4.69) is 4.90 Å². The normalized spacial score (nSPS) is 34.8. The maximum atomic E-state index is 13.0. The van der Waals surface area contributed by atoms with Crippen molar-refractivity contribution in [2.24, 2.45) is 5.92 Å². The van der Waals surface area contributed by atoms with Crippen molar-refractivity contribution in [1.29, 1.82) is 0 Å². The van der Waals surface area contributed by atoms with E-state index in [9.17, 15) is 9.50 Å². The SMILES string of the molecule is OC1(Cc2ccc(F)cc2Cl)CCN2CCC1C2. The van der Waals surface area contributed by atoms with Gasteiger partial charge in [-0.2, -0.15) is 0 Å². The molecular formula is C14H17ClFNO. The molecule has 0 saturated carbocycles. The van der Waals surface area contributed by atoms with Crippen LogP contribution < -0.4 is 0 Å². The molecular weight excluding hydrogens is 253 g/mol. The summed E-state index contributed by atoms with van der Waals surface area (Å²) in [4.78, 5) is 2.39. The summed E-state index contributed by atoms with van der Waals surface area (Å²) in [6, 6.07) is 4.43. The molecule has 0 radical (unpaired) electrons. The van der Waals surface area contributed by atoms with Gasteiger partial charge in [-0.05, 0) is 37.1 Å². The molecule has 98 valence electrons. The fourth-order valence-electron chi connectivity index (χ4n) is 3.26. The van der Waals surface area contributed by atoms with Gasteiger partial charge in [0.15, 0.2) is 0 Å². The Hall–Kier alpha value is -0.640. The van der Waals surface area contributed by atoms with Crippen LogP contribution in [0, 0.1) is 11.7 Å². The van der Waals surface area contributed by atoms with Crippen LogP contribution in [0.15, 0.2) is 18.2 Å². The van der Waals surface area contributed by atoms with Gasteiger partial charge < -0.3 is 10.0 Å². The van der Waals surface area contributed by atoms with E-state index in [0.717, 1.165) is 38.0 Å². The molecule has 2 nitrogen and oxygen atoms in total. The van der Waals surface area contributed by atoms with Gasteiger partial charge in [0, 0.05) is 30.5 Å². The molecule has 1 aromatic carbocycles. The predicted molar refractivity (Wildman–Crippen MR) is 69.2 cm³/mol. The average Bonchev–Trinajstić information content (AvgIpc) is 2.74. The summed E-state index contributed by atoms with van der Waals surface area (Å²) in [6.07, 6.45) is 2.37. The van der Waals surface area contributed by atoms with Gasteiger partial charge in [-0.15, -0.1) is 0 Å². The fraction of sp³-hybridized carbons (Fsp3) is 0.571. The summed E-state index contributed by atoms with van der Waals surface area (Å²) in [6.45, 7) is 3.02. The highest BCUT2D eigenvalue weighted by Gasteiger charge is 2.44. The van der Waals surface area contributed by atoms with Crippen molar-refractivity contribution in [2.75, 3.05) is 19.6 Å². The number of fused-ring (bicyclic) bond motifs is 2. The zero-order valence-corrected chi connectivity index (χ0v) is 11.0. The Morgan fingerprint density at radius 3 is 3.06 bits per heavy atom. The highest BCUT2D eigenvalue weighted by Crippen LogP contribution is 2.38. The first-order chi connectivity index (χ1) is 8.57. The lowest BCUT2D eigenvalue weighted by molar-refractivity contribution is -0.0438. The molecule has 2 heterocycles. The number of piperidine rings is 1. The molecule has 2 fully saturated rings. The first-order valence-electron chi connectivity index (χ1n) is 6.45. The number of nitrogens with zero attached hydrogens (tertiary/aromatic N) is 1. The molecule has 0 amide bonds. The minimum Gasteiger partial charge on any atom is -0.389 e.